The molecule has 0 bridgehead atoms. The number of H-pyrrole nitrogens is 1. The van der Waals surface area contributed by atoms with Gasteiger partial charge in [-0.15, -0.1) is 0 Å². The summed E-state index contributed by atoms with van der Waals surface area (Å²) >= 11 is 0. The molecular formula is C14H28N4O2S. The molecule has 0 saturated carbocycles. The molecule has 21 heavy (non-hydrogen) atoms. The summed E-state index contributed by atoms with van der Waals surface area (Å²) in [5, 5.41) is 10.1. The fourth-order valence-corrected chi connectivity index (χ4v) is 3.86. The summed E-state index contributed by atoms with van der Waals surface area (Å²) in [7, 11) is -3.53. The Balaban J connectivity index is 2.84. The summed E-state index contributed by atoms with van der Waals surface area (Å²) in [6, 6.07) is -0.0688. The molecule has 3 N–H and O–H groups in total. The van der Waals surface area contributed by atoms with Crippen molar-refractivity contribution in [1.82, 2.24) is 20.2 Å². The van der Waals surface area contributed by atoms with Crippen molar-refractivity contribution in [2.75, 3.05) is 6.54 Å². The van der Waals surface area contributed by atoms with Crippen LogP contribution < -0.4 is 10.0 Å². The summed E-state index contributed by atoms with van der Waals surface area (Å²) in [5.41, 5.74) is 1.13. The zero-order chi connectivity index (χ0) is 15.9. The maximum absolute atomic E-state index is 12.5. The second-order valence-electron chi connectivity index (χ2n) is 5.47. The lowest BCUT2D eigenvalue weighted by Crippen LogP contribution is -2.33. The highest BCUT2D eigenvalue weighted by atomic mass is 32.2. The van der Waals surface area contributed by atoms with E-state index in [0.29, 0.717) is 17.9 Å². The molecule has 0 aromatic carbocycles. The number of aryl methyl sites for hydroxylation is 1. The molecule has 0 amide bonds. The van der Waals surface area contributed by atoms with Gasteiger partial charge in [-0.25, -0.2) is 13.1 Å². The van der Waals surface area contributed by atoms with E-state index in [2.05, 4.69) is 34.1 Å². The van der Waals surface area contributed by atoms with E-state index < -0.39 is 10.0 Å². The Morgan fingerprint density at radius 1 is 1.29 bits per heavy atom. The molecule has 1 rings (SSSR count). The number of hydrogen-bond acceptors (Lipinski definition) is 4. The molecule has 1 heterocycles. The third-order valence-electron chi connectivity index (χ3n) is 3.30. The summed E-state index contributed by atoms with van der Waals surface area (Å²) in [6.45, 7) is 9.10. The van der Waals surface area contributed by atoms with E-state index in [4.69, 9.17) is 0 Å². The van der Waals surface area contributed by atoms with Gasteiger partial charge in [0.05, 0.1) is 11.4 Å². The van der Waals surface area contributed by atoms with Gasteiger partial charge in [0.25, 0.3) is 0 Å². The van der Waals surface area contributed by atoms with Gasteiger partial charge in [0, 0.05) is 12.6 Å². The zero-order valence-corrected chi connectivity index (χ0v) is 14.3. The number of sulfonamides is 1. The van der Waals surface area contributed by atoms with Crippen LogP contribution in [0, 0.1) is 6.92 Å². The fourth-order valence-electron chi connectivity index (χ4n) is 2.22. The minimum absolute atomic E-state index is 0.0688. The highest BCUT2D eigenvalue weighted by Crippen LogP contribution is 2.18. The lowest BCUT2D eigenvalue weighted by atomic mass is 10.2. The Hall–Kier alpha value is -0.920. The first kappa shape index (κ1) is 18.1. The van der Waals surface area contributed by atoms with Gasteiger partial charge < -0.3 is 5.32 Å². The van der Waals surface area contributed by atoms with Crippen LogP contribution in [0.4, 0.5) is 0 Å². The van der Waals surface area contributed by atoms with Gasteiger partial charge >= 0.3 is 0 Å². The number of nitrogens with zero attached hydrogens (tertiary/aromatic N) is 1. The maximum atomic E-state index is 12.5. The second-order valence-corrected chi connectivity index (χ2v) is 7.12. The van der Waals surface area contributed by atoms with Gasteiger partial charge in [0.1, 0.15) is 4.90 Å². The van der Waals surface area contributed by atoms with Crippen molar-refractivity contribution in [1.29, 1.82) is 0 Å². The van der Waals surface area contributed by atoms with Gasteiger partial charge in [0.2, 0.25) is 10.0 Å². The van der Waals surface area contributed by atoms with Crippen LogP contribution >= 0.6 is 0 Å². The Labute approximate surface area is 128 Å². The van der Waals surface area contributed by atoms with Crippen molar-refractivity contribution in [3.8, 4) is 0 Å². The molecule has 1 aromatic rings. The van der Waals surface area contributed by atoms with E-state index in [1.807, 2.05) is 6.92 Å². The average Bonchev–Trinajstić information content (AvgIpc) is 2.78. The minimum Gasteiger partial charge on any atom is -0.311 e. The van der Waals surface area contributed by atoms with E-state index in [-0.39, 0.29) is 10.9 Å². The van der Waals surface area contributed by atoms with E-state index >= 15 is 0 Å². The molecule has 122 valence electrons. The number of unbranched alkanes of at least 4 members (excludes halogenated alkanes) is 1. The summed E-state index contributed by atoms with van der Waals surface area (Å²) in [5.74, 6) is 0. The second kappa shape index (κ2) is 8.51. The van der Waals surface area contributed by atoms with Gasteiger partial charge in [-0.05, 0) is 33.2 Å². The van der Waals surface area contributed by atoms with Crippen molar-refractivity contribution < 1.29 is 8.42 Å². The molecule has 1 atom stereocenters. The zero-order valence-electron chi connectivity index (χ0n) is 13.5. The van der Waals surface area contributed by atoms with Gasteiger partial charge in [-0.2, -0.15) is 5.10 Å². The SMILES string of the molecule is CCCCC(C)NS(=O)(=O)c1c(CNCCC)n[nH]c1C. The van der Waals surface area contributed by atoms with Crippen molar-refractivity contribution in [2.24, 2.45) is 0 Å². The van der Waals surface area contributed by atoms with E-state index in [9.17, 15) is 8.42 Å². The number of aromatic nitrogens is 2. The molecule has 0 aliphatic heterocycles. The molecular weight excluding hydrogens is 288 g/mol. The predicted octanol–water partition coefficient (Wildman–Crippen LogP) is 2.07. The monoisotopic (exact) mass is 316 g/mol. The maximum Gasteiger partial charge on any atom is 0.244 e. The first-order valence-electron chi connectivity index (χ1n) is 7.69. The number of rotatable bonds is 10. The summed E-state index contributed by atoms with van der Waals surface area (Å²) in [6.07, 6.45) is 3.91. The topological polar surface area (TPSA) is 86.9 Å². The molecule has 0 aliphatic rings. The first-order valence-corrected chi connectivity index (χ1v) is 9.17. The van der Waals surface area contributed by atoms with Crippen molar-refractivity contribution in [2.45, 2.75) is 70.9 Å². The van der Waals surface area contributed by atoms with Crippen molar-refractivity contribution >= 4 is 10.0 Å². The van der Waals surface area contributed by atoms with Gasteiger partial charge in [-0.3, -0.25) is 5.10 Å². The number of nitrogens with one attached hydrogen (secondary N) is 3. The quantitative estimate of drug-likeness (QED) is 0.577. The Morgan fingerprint density at radius 3 is 2.62 bits per heavy atom. The molecule has 1 unspecified atom stereocenters. The Morgan fingerprint density at radius 2 is 2.00 bits per heavy atom. The van der Waals surface area contributed by atoms with Crippen molar-refractivity contribution in [3.63, 3.8) is 0 Å². The summed E-state index contributed by atoms with van der Waals surface area (Å²) < 4.78 is 27.8. The predicted molar refractivity (Wildman–Crippen MR) is 84.6 cm³/mol. The highest BCUT2D eigenvalue weighted by Gasteiger charge is 2.25. The lowest BCUT2D eigenvalue weighted by molar-refractivity contribution is 0.532. The van der Waals surface area contributed by atoms with E-state index in [1.54, 1.807) is 6.92 Å². The highest BCUT2D eigenvalue weighted by molar-refractivity contribution is 7.89. The largest absolute Gasteiger partial charge is 0.311 e. The number of aromatic amines is 1. The molecule has 6 nitrogen and oxygen atoms in total. The average molecular weight is 316 g/mol. The smallest absolute Gasteiger partial charge is 0.244 e. The van der Waals surface area contributed by atoms with Crippen LogP contribution in [-0.2, 0) is 16.6 Å². The van der Waals surface area contributed by atoms with E-state index in [1.165, 1.54) is 0 Å². The third kappa shape index (κ3) is 5.41. The standard InChI is InChI=1S/C14H28N4O2S/c1-5-7-8-11(3)18-21(19,20)14-12(4)16-17-13(14)10-15-9-6-2/h11,15,18H,5-10H2,1-4H3,(H,16,17). The summed E-state index contributed by atoms with van der Waals surface area (Å²) in [4.78, 5) is 0.287. The normalized spacial score (nSPS) is 13.5. The molecule has 1 aromatic heterocycles. The fraction of sp³-hybridized carbons (Fsp3) is 0.786. The molecule has 0 radical (unpaired) electrons. The van der Waals surface area contributed by atoms with Crippen molar-refractivity contribution in [3.05, 3.63) is 11.4 Å². The lowest BCUT2D eigenvalue weighted by Gasteiger charge is -2.14. The van der Waals surface area contributed by atoms with Crippen LogP contribution in [0.2, 0.25) is 0 Å². The molecule has 0 fully saturated rings. The van der Waals surface area contributed by atoms with Crippen LogP contribution in [0.5, 0.6) is 0 Å². The van der Waals surface area contributed by atoms with Crippen LogP contribution in [-0.4, -0.2) is 31.2 Å². The molecule has 0 spiro atoms. The molecule has 7 heteroatoms. The van der Waals surface area contributed by atoms with Crippen LogP contribution in [0.15, 0.2) is 4.90 Å². The van der Waals surface area contributed by atoms with Crippen LogP contribution in [0.25, 0.3) is 0 Å². The Kier molecular flexibility index (Phi) is 7.34. The van der Waals surface area contributed by atoms with E-state index in [0.717, 1.165) is 32.2 Å². The van der Waals surface area contributed by atoms with Crippen LogP contribution in [0.3, 0.4) is 0 Å². The van der Waals surface area contributed by atoms with Gasteiger partial charge in [0.15, 0.2) is 0 Å². The first-order chi connectivity index (χ1) is 9.92. The molecule has 0 saturated heterocycles. The van der Waals surface area contributed by atoms with Crippen LogP contribution in [0.1, 0.15) is 57.8 Å². The Bertz CT molecular complexity index is 525. The number of hydrogen-bond donors (Lipinski definition) is 3. The van der Waals surface area contributed by atoms with Gasteiger partial charge in [-0.1, -0.05) is 26.7 Å². The third-order valence-corrected chi connectivity index (χ3v) is 5.09. The minimum atomic E-state index is -3.53. The molecule has 0 aliphatic carbocycles.